The number of aldehydes is 1. The van der Waals surface area contributed by atoms with E-state index in [4.69, 9.17) is 0 Å². The molecule has 0 bridgehead atoms. The van der Waals surface area contributed by atoms with E-state index in [0.717, 1.165) is 30.8 Å². The van der Waals surface area contributed by atoms with Gasteiger partial charge in [-0.1, -0.05) is 6.07 Å². The molecule has 2 rings (SSSR count). The Bertz CT molecular complexity index is 398. The molecule has 0 spiro atoms. The van der Waals surface area contributed by atoms with E-state index in [0.29, 0.717) is 11.8 Å². The fourth-order valence-electron chi connectivity index (χ4n) is 2.06. The predicted octanol–water partition coefficient (Wildman–Crippen LogP) is 0.747. The second-order valence-electron chi connectivity index (χ2n) is 4.12. The number of phenolic OH excluding ortho intramolecular Hbond substituents is 1. The van der Waals surface area contributed by atoms with Crippen molar-refractivity contribution in [2.45, 2.75) is 13.0 Å². The number of nitrogens with one attached hydrogen (secondary N) is 2. The van der Waals surface area contributed by atoms with Crippen LogP contribution in [-0.2, 0) is 0 Å². The minimum atomic E-state index is 0.0762. The molecular weight excluding hydrogens is 204 g/mol. The van der Waals surface area contributed by atoms with E-state index < -0.39 is 0 Å². The van der Waals surface area contributed by atoms with E-state index in [9.17, 15) is 9.90 Å². The summed E-state index contributed by atoms with van der Waals surface area (Å²) in [5.41, 5.74) is 2.15. The average molecular weight is 220 g/mol. The molecule has 0 radical (unpaired) electrons. The summed E-state index contributed by atoms with van der Waals surface area (Å²) in [5.74, 6) is 0.0989. The number of hydrogen-bond donors (Lipinski definition) is 3. The molecule has 86 valence electrons. The molecule has 0 amide bonds. The molecule has 1 heterocycles. The van der Waals surface area contributed by atoms with Gasteiger partial charge in [-0.3, -0.25) is 4.79 Å². The summed E-state index contributed by atoms with van der Waals surface area (Å²) >= 11 is 0. The monoisotopic (exact) mass is 220 g/mol. The topological polar surface area (TPSA) is 61.4 Å². The second-order valence-corrected chi connectivity index (χ2v) is 4.12. The molecule has 0 aromatic heterocycles. The van der Waals surface area contributed by atoms with Gasteiger partial charge in [0.1, 0.15) is 5.75 Å². The molecule has 0 saturated carbocycles. The molecule has 1 atom stereocenters. The van der Waals surface area contributed by atoms with Crippen molar-refractivity contribution in [3.8, 4) is 5.75 Å². The third-order valence-corrected chi connectivity index (χ3v) is 2.86. The third kappa shape index (κ3) is 2.08. The first kappa shape index (κ1) is 11.1. The van der Waals surface area contributed by atoms with E-state index in [1.165, 1.54) is 0 Å². The van der Waals surface area contributed by atoms with Crippen LogP contribution in [0.5, 0.6) is 5.75 Å². The fraction of sp³-hybridized carbons (Fsp3) is 0.417. The van der Waals surface area contributed by atoms with Gasteiger partial charge in [0.15, 0.2) is 6.29 Å². The molecule has 1 saturated heterocycles. The average Bonchev–Trinajstić information content (AvgIpc) is 2.33. The van der Waals surface area contributed by atoms with Crippen LogP contribution in [0, 0.1) is 6.92 Å². The molecule has 1 aliphatic heterocycles. The van der Waals surface area contributed by atoms with Crippen LogP contribution in [0.15, 0.2) is 12.1 Å². The molecule has 1 aliphatic rings. The molecule has 0 aliphatic carbocycles. The van der Waals surface area contributed by atoms with Crippen LogP contribution in [0.1, 0.15) is 27.5 Å². The maximum Gasteiger partial charge on any atom is 0.153 e. The molecule has 3 N–H and O–H groups in total. The van der Waals surface area contributed by atoms with Gasteiger partial charge in [0, 0.05) is 31.2 Å². The van der Waals surface area contributed by atoms with E-state index in [1.54, 1.807) is 6.07 Å². The van der Waals surface area contributed by atoms with Crippen molar-refractivity contribution in [3.05, 3.63) is 28.8 Å². The van der Waals surface area contributed by atoms with Crippen molar-refractivity contribution in [3.63, 3.8) is 0 Å². The summed E-state index contributed by atoms with van der Waals surface area (Å²) in [5, 5.41) is 16.5. The lowest BCUT2D eigenvalue weighted by molar-refractivity contribution is 0.112. The number of phenols is 1. The number of aromatic hydroxyl groups is 1. The number of piperazine rings is 1. The van der Waals surface area contributed by atoms with Crippen molar-refractivity contribution in [2.24, 2.45) is 0 Å². The van der Waals surface area contributed by atoms with Crippen LogP contribution >= 0.6 is 0 Å². The standard InChI is InChI=1S/C12H16N2O2/c1-8-4-9(7-15)12(16)10(5-8)11-6-13-2-3-14-11/h4-5,7,11,13-14,16H,2-3,6H2,1H3/t11-/m0/s1. The number of benzene rings is 1. The lowest BCUT2D eigenvalue weighted by Crippen LogP contribution is -2.42. The molecule has 0 unspecified atom stereocenters. The summed E-state index contributed by atoms with van der Waals surface area (Å²) in [4.78, 5) is 10.8. The Labute approximate surface area is 94.7 Å². The van der Waals surface area contributed by atoms with E-state index >= 15 is 0 Å². The van der Waals surface area contributed by atoms with Crippen LogP contribution < -0.4 is 10.6 Å². The summed E-state index contributed by atoms with van der Waals surface area (Å²) < 4.78 is 0. The van der Waals surface area contributed by atoms with Crippen LogP contribution in [0.25, 0.3) is 0 Å². The highest BCUT2D eigenvalue weighted by Crippen LogP contribution is 2.29. The van der Waals surface area contributed by atoms with Gasteiger partial charge in [-0.05, 0) is 18.6 Å². The molecule has 16 heavy (non-hydrogen) atoms. The van der Waals surface area contributed by atoms with Gasteiger partial charge in [0.2, 0.25) is 0 Å². The van der Waals surface area contributed by atoms with E-state index in [2.05, 4.69) is 10.6 Å². The number of hydrogen-bond acceptors (Lipinski definition) is 4. The van der Waals surface area contributed by atoms with Crippen molar-refractivity contribution in [1.29, 1.82) is 0 Å². The molecule has 1 fully saturated rings. The highest BCUT2D eigenvalue weighted by Gasteiger charge is 2.19. The van der Waals surface area contributed by atoms with E-state index in [-0.39, 0.29) is 11.8 Å². The van der Waals surface area contributed by atoms with Gasteiger partial charge < -0.3 is 15.7 Å². The number of aryl methyl sites for hydroxylation is 1. The van der Waals surface area contributed by atoms with Crippen molar-refractivity contribution in [2.75, 3.05) is 19.6 Å². The molecule has 1 aromatic carbocycles. The molecular formula is C12H16N2O2. The third-order valence-electron chi connectivity index (χ3n) is 2.86. The minimum Gasteiger partial charge on any atom is -0.507 e. The fourth-order valence-corrected chi connectivity index (χ4v) is 2.06. The Morgan fingerprint density at radius 3 is 2.88 bits per heavy atom. The van der Waals surface area contributed by atoms with Gasteiger partial charge in [0.05, 0.1) is 5.56 Å². The number of carbonyl (C=O) groups excluding carboxylic acids is 1. The van der Waals surface area contributed by atoms with Crippen LogP contribution in [-0.4, -0.2) is 31.0 Å². The van der Waals surface area contributed by atoms with Crippen molar-refractivity contribution in [1.82, 2.24) is 10.6 Å². The lowest BCUT2D eigenvalue weighted by atomic mass is 9.98. The highest BCUT2D eigenvalue weighted by atomic mass is 16.3. The first-order valence-corrected chi connectivity index (χ1v) is 5.45. The maximum absolute atomic E-state index is 10.8. The highest BCUT2D eigenvalue weighted by molar-refractivity contribution is 5.80. The minimum absolute atomic E-state index is 0.0762. The van der Waals surface area contributed by atoms with Crippen LogP contribution in [0.3, 0.4) is 0 Å². The van der Waals surface area contributed by atoms with Gasteiger partial charge in [-0.2, -0.15) is 0 Å². The zero-order valence-corrected chi connectivity index (χ0v) is 9.29. The number of rotatable bonds is 2. The van der Waals surface area contributed by atoms with Gasteiger partial charge >= 0.3 is 0 Å². The maximum atomic E-state index is 10.8. The Hall–Kier alpha value is -1.39. The van der Waals surface area contributed by atoms with Crippen molar-refractivity contribution < 1.29 is 9.90 Å². The Morgan fingerprint density at radius 1 is 1.44 bits per heavy atom. The van der Waals surface area contributed by atoms with Gasteiger partial charge in [-0.15, -0.1) is 0 Å². The predicted molar refractivity (Wildman–Crippen MR) is 61.8 cm³/mol. The Morgan fingerprint density at radius 2 is 2.25 bits per heavy atom. The zero-order valence-electron chi connectivity index (χ0n) is 9.29. The molecule has 1 aromatic rings. The SMILES string of the molecule is Cc1cc(C=O)c(O)c([C@@H]2CNCCN2)c1. The van der Waals surface area contributed by atoms with Crippen LogP contribution in [0.4, 0.5) is 0 Å². The smallest absolute Gasteiger partial charge is 0.153 e. The first-order chi connectivity index (χ1) is 7.72. The van der Waals surface area contributed by atoms with Crippen molar-refractivity contribution >= 4 is 6.29 Å². The van der Waals surface area contributed by atoms with Crippen LogP contribution in [0.2, 0.25) is 0 Å². The van der Waals surface area contributed by atoms with Gasteiger partial charge in [0.25, 0.3) is 0 Å². The van der Waals surface area contributed by atoms with E-state index in [1.807, 2.05) is 13.0 Å². The molecule has 4 nitrogen and oxygen atoms in total. The van der Waals surface area contributed by atoms with Gasteiger partial charge in [-0.25, -0.2) is 0 Å². The first-order valence-electron chi connectivity index (χ1n) is 5.45. The summed E-state index contributed by atoms with van der Waals surface area (Å²) in [6.07, 6.45) is 0.697. The normalized spacial score (nSPS) is 20.7. The number of carbonyl (C=O) groups is 1. The lowest BCUT2D eigenvalue weighted by Gasteiger charge is -2.26. The zero-order chi connectivity index (χ0) is 11.5. The summed E-state index contributed by atoms with van der Waals surface area (Å²) in [7, 11) is 0. The quantitative estimate of drug-likeness (QED) is 0.644. The summed E-state index contributed by atoms with van der Waals surface area (Å²) in [6.45, 7) is 4.50. The Kier molecular flexibility index (Phi) is 3.22. The molecule has 4 heteroatoms. The largest absolute Gasteiger partial charge is 0.507 e. The Balaban J connectivity index is 2.38. The summed E-state index contributed by atoms with van der Waals surface area (Å²) in [6, 6.07) is 3.70. The second kappa shape index (κ2) is 4.63.